The maximum Gasteiger partial charge on any atom is 0.310 e. The Bertz CT molecular complexity index is 1240. The first-order chi connectivity index (χ1) is 15.1. The molecule has 0 spiro atoms. The van der Waals surface area contributed by atoms with Crippen LogP contribution >= 0.6 is 0 Å². The number of para-hydroxylation sites is 2. The van der Waals surface area contributed by atoms with Gasteiger partial charge < -0.3 is 13.7 Å². The number of carbonyl (C=O) groups is 1. The molecule has 7 nitrogen and oxygen atoms in total. The van der Waals surface area contributed by atoms with E-state index in [2.05, 4.69) is 0 Å². The lowest BCUT2D eigenvalue weighted by atomic mass is 10.1. The Hall–Kier alpha value is -4.39. The van der Waals surface area contributed by atoms with Crippen LogP contribution < -0.4 is 4.74 Å². The van der Waals surface area contributed by atoms with Gasteiger partial charge in [0.25, 0.3) is 0 Å². The Morgan fingerprint density at radius 2 is 1.84 bits per heavy atom. The summed E-state index contributed by atoms with van der Waals surface area (Å²) in [5.41, 5.74) is 1.35. The molecule has 0 bridgehead atoms. The second-order valence-corrected chi connectivity index (χ2v) is 6.66. The molecular formula is C24H18N2O5. The smallest absolute Gasteiger partial charge is 0.310 e. The zero-order valence-corrected chi connectivity index (χ0v) is 16.4. The summed E-state index contributed by atoms with van der Waals surface area (Å²) in [6.07, 6.45) is 6.85. The molecule has 2 aromatic carbocycles. The summed E-state index contributed by atoms with van der Waals surface area (Å²) in [6, 6.07) is 20.7. The number of ketones is 1. The van der Waals surface area contributed by atoms with E-state index < -0.39 is 4.92 Å². The van der Waals surface area contributed by atoms with E-state index in [0.29, 0.717) is 17.1 Å². The normalized spacial score (nSPS) is 11.0. The second kappa shape index (κ2) is 8.96. The minimum absolute atomic E-state index is 0.0333. The SMILES string of the molecule is O=C(/C=C/c1ccc(COc2ccccc2[N+](=O)[O-])o1)c1cccc(-n2cccc2)c1. The highest BCUT2D eigenvalue weighted by Gasteiger charge is 2.14. The Morgan fingerprint density at radius 1 is 1.03 bits per heavy atom. The van der Waals surface area contributed by atoms with Gasteiger partial charge in [-0.3, -0.25) is 14.9 Å². The summed E-state index contributed by atoms with van der Waals surface area (Å²) in [6.45, 7) is 0.0333. The largest absolute Gasteiger partial charge is 0.479 e. The highest BCUT2D eigenvalue weighted by Crippen LogP contribution is 2.27. The lowest BCUT2D eigenvalue weighted by molar-refractivity contribution is -0.386. The minimum atomic E-state index is -0.497. The molecule has 2 heterocycles. The van der Waals surface area contributed by atoms with Crippen LogP contribution in [0.3, 0.4) is 0 Å². The van der Waals surface area contributed by atoms with Crippen molar-refractivity contribution in [3.8, 4) is 11.4 Å². The standard InChI is InChI=1S/C24H18N2O5/c27-23(18-6-5-7-19(16-18)25-14-3-4-15-25)13-12-20-10-11-21(31-20)17-30-24-9-2-1-8-22(24)26(28)29/h1-16H,17H2/b13-12+. The van der Waals surface area contributed by atoms with Crippen molar-refractivity contribution >= 4 is 17.5 Å². The van der Waals surface area contributed by atoms with Gasteiger partial charge in [-0.2, -0.15) is 0 Å². The third-order valence-electron chi connectivity index (χ3n) is 4.55. The van der Waals surface area contributed by atoms with Crippen molar-refractivity contribution in [1.29, 1.82) is 0 Å². The number of aromatic nitrogens is 1. The molecule has 0 unspecified atom stereocenters. The molecule has 154 valence electrons. The summed E-state index contributed by atoms with van der Waals surface area (Å²) >= 11 is 0. The fraction of sp³-hybridized carbons (Fsp3) is 0.0417. The monoisotopic (exact) mass is 414 g/mol. The molecule has 0 saturated heterocycles. The van der Waals surface area contributed by atoms with E-state index in [0.717, 1.165) is 5.69 Å². The summed E-state index contributed by atoms with van der Waals surface area (Å²) < 4.78 is 13.1. The van der Waals surface area contributed by atoms with E-state index >= 15 is 0 Å². The average Bonchev–Trinajstić information content (AvgIpc) is 3.48. The molecule has 0 fully saturated rings. The van der Waals surface area contributed by atoms with E-state index in [-0.39, 0.29) is 23.8 Å². The number of nitro groups is 1. The predicted octanol–water partition coefficient (Wildman–Crippen LogP) is 5.45. The zero-order valence-electron chi connectivity index (χ0n) is 16.4. The summed E-state index contributed by atoms with van der Waals surface area (Å²) in [5.74, 6) is 0.984. The Labute approximate surface area is 178 Å². The van der Waals surface area contributed by atoms with Crippen LogP contribution in [0.25, 0.3) is 11.8 Å². The summed E-state index contributed by atoms with van der Waals surface area (Å²) in [5, 5.41) is 11.1. The van der Waals surface area contributed by atoms with E-state index in [9.17, 15) is 14.9 Å². The fourth-order valence-electron chi connectivity index (χ4n) is 3.02. The van der Waals surface area contributed by atoms with Gasteiger partial charge in [-0.25, -0.2) is 0 Å². The van der Waals surface area contributed by atoms with Gasteiger partial charge in [-0.15, -0.1) is 0 Å². The van der Waals surface area contributed by atoms with Crippen molar-refractivity contribution in [2.24, 2.45) is 0 Å². The highest BCUT2D eigenvalue weighted by atomic mass is 16.6. The molecule has 0 N–H and O–H groups in total. The van der Waals surface area contributed by atoms with Gasteiger partial charge in [0.05, 0.1) is 4.92 Å². The lowest BCUT2D eigenvalue weighted by Gasteiger charge is -2.04. The van der Waals surface area contributed by atoms with E-state index in [1.54, 1.807) is 36.4 Å². The molecule has 0 radical (unpaired) electrons. The quantitative estimate of drug-likeness (QED) is 0.165. The molecule has 0 aliphatic heterocycles. The first kappa shape index (κ1) is 19.9. The van der Waals surface area contributed by atoms with Crippen LogP contribution in [-0.4, -0.2) is 15.3 Å². The van der Waals surface area contributed by atoms with Gasteiger partial charge in [0.2, 0.25) is 0 Å². The minimum Gasteiger partial charge on any atom is -0.479 e. The first-order valence-electron chi connectivity index (χ1n) is 9.51. The van der Waals surface area contributed by atoms with Crippen LogP contribution in [0.15, 0.2) is 95.7 Å². The van der Waals surface area contributed by atoms with Gasteiger partial charge in [-0.05, 0) is 54.6 Å². The number of hydrogen-bond acceptors (Lipinski definition) is 5. The fourth-order valence-corrected chi connectivity index (χ4v) is 3.02. The molecule has 0 atom stereocenters. The zero-order chi connectivity index (χ0) is 21.6. The number of benzene rings is 2. The molecular weight excluding hydrogens is 396 g/mol. The number of ether oxygens (including phenoxy) is 1. The first-order valence-corrected chi connectivity index (χ1v) is 9.51. The third kappa shape index (κ3) is 4.79. The highest BCUT2D eigenvalue weighted by molar-refractivity contribution is 6.07. The molecule has 0 aliphatic carbocycles. The van der Waals surface area contributed by atoms with Crippen LogP contribution in [0.4, 0.5) is 5.69 Å². The number of carbonyl (C=O) groups excluding carboxylic acids is 1. The van der Waals surface area contributed by atoms with E-state index in [1.807, 2.05) is 47.3 Å². The number of furan rings is 1. The van der Waals surface area contributed by atoms with Crippen molar-refractivity contribution in [3.63, 3.8) is 0 Å². The van der Waals surface area contributed by atoms with Gasteiger partial charge in [0.1, 0.15) is 18.1 Å². The Morgan fingerprint density at radius 3 is 2.65 bits per heavy atom. The Balaban J connectivity index is 1.40. The average molecular weight is 414 g/mol. The van der Waals surface area contributed by atoms with Crippen LogP contribution in [0.1, 0.15) is 21.9 Å². The topological polar surface area (TPSA) is 87.5 Å². The maximum absolute atomic E-state index is 12.5. The van der Waals surface area contributed by atoms with Gasteiger partial charge in [0.15, 0.2) is 11.5 Å². The van der Waals surface area contributed by atoms with Crippen molar-refractivity contribution < 1.29 is 18.9 Å². The van der Waals surface area contributed by atoms with Gasteiger partial charge in [0, 0.05) is 29.7 Å². The molecule has 2 aromatic heterocycles. The molecule has 0 amide bonds. The van der Waals surface area contributed by atoms with Gasteiger partial charge in [-0.1, -0.05) is 24.3 Å². The van der Waals surface area contributed by atoms with Crippen molar-refractivity contribution in [2.75, 3.05) is 0 Å². The van der Waals surface area contributed by atoms with Crippen LogP contribution in [-0.2, 0) is 6.61 Å². The third-order valence-corrected chi connectivity index (χ3v) is 4.55. The molecule has 7 heteroatoms. The van der Waals surface area contributed by atoms with Gasteiger partial charge >= 0.3 is 5.69 Å². The van der Waals surface area contributed by atoms with Crippen LogP contribution in [0, 0.1) is 10.1 Å². The van der Waals surface area contributed by atoms with Crippen molar-refractivity contribution in [1.82, 2.24) is 4.57 Å². The molecule has 0 saturated carbocycles. The molecule has 4 rings (SSSR count). The summed E-state index contributed by atoms with van der Waals surface area (Å²) in [4.78, 5) is 23.1. The van der Waals surface area contributed by atoms with Crippen LogP contribution in [0.5, 0.6) is 5.75 Å². The van der Waals surface area contributed by atoms with Crippen molar-refractivity contribution in [3.05, 3.63) is 118 Å². The number of allylic oxidation sites excluding steroid dienone is 1. The lowest BCUT2D eigenvalue weighted by Crippen LogP contribution is -1.98. The van der Waals surface area contributed by atoms with Crippen molar-refractivity contribution in [2.45, 2.75) is 6.61 Å². The molecule has 31 heavy (non-hydrogen) atoms. The number of hydrogen-bond donors (Lipinski definition) is 0. The number of nitrogens with zero attached hydrogens (tertiary/aromatic N) is 2. The van der Waals surface area contributed by atoms with E-state index in [4.69, 9.17) is 9.15 Å². The maximum atomic E-state index is 12.5. The number of rotatable bonds is 8. The second-order valence-electron chi connectivity index (χ2n) is 6.66. The predicted molar refractivity (Wildman–Crippen MR) is 115 cm³/mol. The Kier molecular flexibility index (Phi) is 5.75. The van der Waals surface area contributed by atoms with Crippen LogP contribution in [0.2, 0.25) is 0 Å². The van der Waals surface area contributed by atoms with E-state index in [1.165, 1.54) is 18.2 Å². The molecule has 4 aromatic rings. The summed E-state index contributed by atoms with van der Waals surface area (Å²) in [7, 11) is 0. The molecule has 0 aliphatic rings. The number of nitro benzene ring substituents is 1.